The summed E-state index contributed by atoms with van der Waals surface area (Å²) >= 11 is 6.55. The molecule has 1 aliphatic rings. The minimum atomic E-state index is -0.747. The van der Waals surface area contributed by atoms with Gasteiger partial charge in [-0.15, -0.1) is 11.3 Å². The summed E-state index contributed by atoms with van der Waals surface area (Å²) in [6.07, 6.45) is 1.35. The number of likely N-dealkylation sites (N-methyl/N-ethyl adjacent to an activating group) is 1. The summed E-state index contributed by atoms with van der Waals surface area (Å²) in [4.78, 5) is 15.9. The van der Waals surface area contributed by atoms with E-state index in [2.05, 4.69) is 16.0 Å². The third kappa shape index (κ3) is 2.74. The van der Waals surface area contributed by atoms with E-state index in [1.807, 2.05) is 12.4 Å². The number of thiazole rings is 1. The Morgan fingerprint density at radius 2 is 2.59 bits per heavy atom. The van der Waals surface area contributed by atoms with Crippen LogP contribution in [0, 0.1) is 3.95 Å². The van der Waals surface area contributed by atoms with Crippen molar-refractivity contribution in [2.24, 2.45) is 5.73 Å². The first kappa shape index (κ1) is 12.3. The molecule has 2 heterocycles. The van der Waals surface area contributed by atoms with E-state index in [1.54, 1.807) is 0 Å². The number of amides is 1. The summed E-state index contributed by atoms with van der Waals surface area (Å²) in [6, 6.07) is 0.0303. The molecule has 7 heteroatoms. The number of aromatic amines is 1. The number of carbonyl (C=O) groups is 1. The number of ether oxygens (including phenoxy) is 1. The Kier molecular flexibility index (Phi) is 3.60. The number of rotatable bonds is 3. The van der Waals surface area contributed by atoms with Crippen molar-refractivity contribution in [1.82, 2.24) is 9.88 Å². The largest absolute Gasteiger partial charge is 0.448 e. The normalized spacial score (nSPS) is 20.3. The van der Waals surface area contributed by atoms with Gasteiger partial charge in [-0.3, -0.25) is 4.90 Å². The molecule has 0 saturated carbocycles. The molecule has 5 nitrogen and oxygen atoms in total. The van der Waals surface area contributed by atoms with E-state index in [0.717, 1.165) is 21.8 Å². The first-order valence-electron chi connectivity index (χ1n) is 5.08. The van der Waals surface area contributed by atoms with Gasteiger partial charge in [-0.2, -0.15) is 0 Å². The number of nitrogens with zero attached hydrogens (tertiary/aromatic N) is 1. The number of hydrogen-bond donors (Lipinski definition) is 2. The van der Waals surface area contributed by atoms with Crippen molar-refractivity contribution >= 4 is 35.2 Å². The molecule has 1 atom stereocenters. The maximum absolute atomic E-state index is 10.6. The van der Waals surface area contributed by atoms with Crippen LogP contribution in [0.3, 0.4) is 0 Å². The van der Waals surface area contributed by atoms with Gasteiger partial charge in [0.25, 0.3) is 0 Å². The van der Waals surface area contributed by atoms with Crippen molar-refractivity contribution in [2.75, 3.05) is 20.2 Å². The van der Waals surface area contributed by atoms with Crippen LogP contribution < -0.4 is 5.73 Å². The summed E-state index contributed by atoms with van der Waals surface area (Å²) in [5.41, 5.74) is 7.07. The fraction of sp³-hybridized carbons (Fsp3) is 0.400. The van der Waals surface area contributed by atoms with Gasteiger partial charge in [-0.1, -0.05) is 6.08 Å². The summed E-state index contributed by atoms with van der Waals surface area (Å²) < 4.78 is 5.62. The number of aromatic nitrogens is 1. The number of primary amides is 1. The first-order chi connectivity index (χ1) is 8.08. The highest BCUT2D eigenvalue weighted by atomic mass is 32.1. The third-order valence-electron chi connectivity index (χ3n) is 2.71. The molecule has 3 N–H and O–H groups in total. The highest BCUT2D eigenvalue weighted by molar-refractivity contribution is 7.73. The second-order valence-corrected chi connectivity index (χ2v) is 5.35. The number of hydrogen-bond acceptors (Lipinski definition) is 5. The Labute approximate surface area is 108 Å². The molecule has 0 spiro atoms. The Balaban J connectivity index is 2.15. The van der Waals surface area contributed by atoms with Gasteiger partial charge in [0.2, 0.25) is 0 Å². The molecule has 0 unspecified atom stereocenters. The summed E-state index contributed by atoms with van der Waals surface area (Å²) in [7, 11) is 1.97. The Bertz CT molecular complexity index is 506. The molecule has 1 amide bonds. The van der Waals surface area contributed by atoms with Crippen LogP contribution >= 0.6 is 23.6 Å². The number of nitrogens with one attached hydrogen (secondary N) is 1. The maximum Gasteiger partial charge on any atom is 0.404 e. The van der Waals surface area contributed by atoms with Gasteiger partial charge < -0.3 is 15.5 Å². The highest BCUT2D eigenvalue weighted by Crippen LogP contribution is 2.27. The fourth-order valence-electron chi connectivity index (χ4n) is 1.83. The molecule has 0 aromatic carbocycles. The molecule has 2 rings (SSSR count). The van der Waals surface area contributed by atoms with Crippen molar-refractivity contribution < 1.29 is 9.53 Å². The second-order valence-electron chi connectivity index (χ2n) is 3.81. The fourth-order valence-corrected chi connectivity index (χ4v) is 2.68. The molecule has 1 aliphatic heterocycles. The summed E-state index contributed by atoms with van der Waals surface area (Å²) in [6.45, 7) is 1.08. The van der Waals surface area contributed by atoms with Crippen LogP contribution in [0.25, 0.3) is 5.57 Å². The Morgan fingerprint density at radius 3 is 3.18 bits per heavy atom. The van der Waals surface area contributed by atoms with Crippen LogP contribution in [-0.4, -0.2) is 42.2 Å². The van der Waals surface area contributed by atoms with Crippen molar-refractivity contribution in [3.05, 3.63) is 21.1 Å². The van der Waals surface area contributed by atoms with Crippen LogP contribution in [0.5, 0.6) is 0 Å². The van der Waals surface area contributed by atoms with Gasteiger partial charge in [0, 0.05) is 11.9 Å². The molecule has 1 aromatic rings. The van der Waals surface area contributed by atoms with E-state index in [-0.39, 0.29) is 12.6 Å². The topological polar surface area (TPSA) is 71.3 Å². The van der Waals surface area contributed by atoms with E-state index in [9.17, 15) is 4.79 Å². The van der Waals surface area contributed by atoms with Gasteiger partial charge in [-0.05, 0) is 24.8 Å². The number of H-pyrrole nitrogens is 1. The van der Waals surface area contributed by atoms with Crippen molar-refractivity contribution in [3.8, 4) is 0 Å². The number of carbonyl (C=O) groups excluding carboxylic acids is 1. The summed E-state index contributed by atoms with van der Waals surface area (Å²) in [5.74, 6) is 0. The molecule has 0 aliphatic carbocycles. The zero-order chi connectivity index (χ0) is 12.4. The molecule has 0 fully saturated rings. The molecule has 0 radical (unpaired) electrons. The first-order valence-corrected chi connectivity index (χ1v) is 6.37. The lowest BCUT2D eigenvalue weighted by atomic mass is 10.1. The zero-order valence-electron chi connectivity index (χ0n) is 9.30. The van der Waals surface area contributed by atoms with Crippen molar-refractivity contribution in [1.29, 1.82) is 0 Å². The van der Waals surface area contributed by atoms with E-state index < -0.39 is 6.09 Å². The smallest absolute Gasteiger partial charge is 0.404 e. The quantitative estimate of drug-likeness (QED) is 0.819. The average molecular weight is 271 g/mol. The molecular weight excluding hydrogens is 258 g/mol. The van der Waals surface area contributed by atoms with Crippen LogP contribution in [-0.2, 0) is 4.74 Å². The lowest BCUT2D eigenvalue weighted by molar-refractivity contribution is 0.133. The van der Waals surface area contributed by atoms with Gasteiger partial charge in [0.05, 0.1) is 11.7 Å². The zero-order valence-corrected chi connectivity index (χ0v) is 10.9. The third-order valence-corrected chi connectivity index (χ3v) is 3.77. The molecular formula is C10H13N3O2S2. The predicted molar refractivity (Wildman–Crippen MR) is 69.4 cm³/mol. The Hall–Kier alpha value is -1.18. The van der Waals surface area contributed by atoms with Crippen LogP contribution in [0.2, 0.25) is 0 Å². The lowest BCUT2D eigenvalue weighted by Crippen LogP contribution is -2.33. The van der Waals surface area contributed by atoms with E-state index in [0.29, 0.717) is 0 Å². The van der Waals surface area contributed by atoms with Crippen molar-refractivity contribution in [3.63, 3.8) is 0 Å². The average Bonchev–Trinajstić information content (AvgIpc) is 2.82. The van der Waals surface area contributed by atoms with E-state index in [4.69, 9.17) is 22.7 Å². The van der Waals surface area contributed by atoms with Gasteiger partial charge >= 0.3 is 6.09 Å². The molecule has 17 heavy (non-hydrogen) atoms. The Morgan fingerprint density at radius 1 is 1.82 bits per heavy atom. The van der Waals surface area contributed by atoms with E-state index >= 15 is 0 Å². The van der Waals surface area contributed by atoms with Crippen LogP contribution in [0.4, 0.5) is 4.79 Å². The number of nitrogens with two attached hydrogens (primary N) is 1. The second kappa shape index (κ2) is 4.99. The standard InChI is InChI=1S/C10H13N3O2S2/c1-13-3-2-6(7-5-17-10(16)12-7)8(13)4-15-9(11)14/h2,5,8H,3-4H2,1H3,(H2,11,14)(H,12,16)/t8-/m0/s1. The van der Waals surface area contributed by atoms with E-state index in [1.165, 1.54) is 11.3 Å². The SMILES string of the molecule is CN1CC=C(c2csc(=S)[nH]2)[C@@H]1COC(N)=O. The monoisotopic (exact) mass is 271 g/mol. The minimum absolute atomic E-state index is 0.0303. The van der Waals surface area contributed by atoms with Gasteiger partial charge in [-0.25, -0.2) is 4.79 Å². The molecule has 1 aromatic heterocycles. The molecule has 0 bridgehead atoms. The van der Waals surface area contributed by atoms with Gasteiger partial charge in [0.15, 0.2) is 3.95 Å². The van der Waals surface area contributed by atoms with Crippen LogP contribution in [0.15, 0.2) is 11.5 Å². The summed E-state index contributed by atoms with van der Waals surface area (Å²) in [5, 5.41) is 1.98. The highest BCUT2D eigenvalue weighted by Gasteiger charge is 2.27. The van der Waals surface area contributed by atoms with Gasteiger partial charge in [0.1, 0.15) is 6.61 Å². The molecule has 0 saturated heterocycles. The lowest BCUT2D eigenvalue weighted by Gasteiger charge is -2.21. The molecule has 92 valence electrons. The predicted octanol–water partition coefficient (Wildman–Crippen LogP) is 1.60. The van der Waals surface area contributed by atoms with Crippen LogP contribution in [0.1, 0.15) is 5.69 Å². The maximum atomic E-state index is 10.6. The van der Waals surface area contributed by atoms with Crippen molar-refractivity contribution in [2.45, 2.75) is 6.04 Å². The minimum Gasteiger partial charge on any atom is -0.448 e.